The minimum atomic E-state index is -0.309. The smallest absolute Gasteiger partial charge is 0.0829 e. The van der Waals surface area contributed by atoms with Crippen molar-refractivity contribution in [3.63, 3.8) is 0 Å². The number of H-pyrrole nitrogens is 1. The van der Waals surface area contributed by atoms with Gasteiger partial charge in [-0.15, -0.1) is 0 Å². The van der Waals surface area contributed by atoms with Gasteiger partial charge in [-0.3, -0.25) is 0 Å². The molecule has 0 saturated carbocycles. The molecular formula is C14H17BN2. The van der Waals surface area contributed by atoms with E-state index in [0.717, 1.165) is 18.5 Å². The Balaban J connectivity index is 2.07. The molecule has 1 saturated heterocycles. The van der Waals surface area contributed by atoms with Crippen LogP contribution in [0.2, 0.25) is 0 Å². The number of nitrogens with one attached hydrogen (secondary N) is 2. The molecule has 2 N–H and O–H groups in total. The Morgan fingerprint density at radius 1 is 1.35 bits per heavy atom. The molecule has 1 fully saturated rings. The van der Waals surface area contributed by atoms with E-state index >= 15 is 0 Å². The van der Waals surface area contributed by atoms with E-state index in [-0.39, 0.29) is 5.31 Å². The highest BCUT2D eigenvalue weighted by Crippen LogP contribution is 2.33. The van der Waals surface area contributed by atoms with Crippen molar-refractivity contribution in [2.24, 2.45) is 0 Å². The van der Waals surface area contributed by atoms with Crippen LogP contribution in [0.4, 0.5) is 0 Å². The van der Waals surface area contributed by atoms with E-state index < -0.39 is 0 Å². The summed E-state index contributed by atoms with van der Waals surface area (Å²) in [5.41, 5.74) is 2.38. The molecule has 2 radical (unpaired) electrons. The van der Waals surface area contributed by atoms with E-state index in [2.05, 4.69) is 41.6 Å². The first-order valence-corrected chi connectivity index (χ1v) is 6.28. The third kappa shape index (κ3) is 1.69. The summed E-state index contributed by atoms with van der Waals surface area (Å²) in [5.74, 6) is 0. The Bertz CT molecular complexity index is 524. The second-order valence-corrected chi connectivity index (χ2v) is 5.18. The predicted molar refractivity (Wildman–Crippen MR) is 72.4 cm³/mol. The van der Waals surface area contributed by atoms with Crippen LogP contribution >= 0.6 is 0 Å². The summed E-state index contributed by atoms with van der Waals surface area (Å²) < 4.78 is 0. The summed E-state index contributed by atoms with van der Waals surface area (Å²) in [6.45, 7) is 3.21. The first-order valence-electron chi connectivity index (χ1n) is 6.28. The molecule has 0 spiro atoms. The third-order valence-electron chi connectivity index (χ3n) is 3.95. The van der Waals surface area contributed by atoms with Crippen molar-refractivity contribution in [3.8, 4) is 0 Å². The average molecular weight is 224 g/mol. The van der Waals surface area contributed by atoms with Crippen LogP contribution in [-0.2, 0) is 5.31 Å². The van der Waals surface area contributed by atoms with Gasteiger partial charge < -0.3 is 10.3 Å². The monoisotopic (exact) mass is 224 g/mol. The lowest BCUT2D eigenvalue weighted by molar-refractivity contribution is 0.469. The van der Waals surface area contributed by atoms with Crippen LogP contribution < -0.4 is 5.32 Å². The maximum Gasteiger partial charge on any atom is 0.0829 e. The Hall–Kier alpha value is -1.22. The number of aromatic amines is 1. The van der Waals surface area contributed by atoms with Gasteiger partial charge in [-0.25, -0.2) is 0 Å². The molecule has 1 aromatic heterocycles. The second kappa shape index (κ2) is 3.92. The molecule has 1 aliphatic heterocycles. The molecule has 17 heavy (non-hydrogen) atoms. The lowest BCUT2D eigenvalue weighted by atomic mass is 9.60. The first-order chi connectivity index (χ1) is 8.19. The molecule has 1 aromatic carbocycles. The molecule has 3 rings (SSSR count). The number of para-hydroxylation sites is 1. The van der Waals surface area contributed by atoms with Crippen LogP contribution in [0.15, 0.2) is 30.5 Å². The standard InChI is InChI=1S/C14H17BN2/c1-14(15,13-7-4-8-16-13)11-9-17-12-6-3-2-5-10(11)12/h2-3,5-6,9,13,16-17H,4,7-8H2,1H3/t13-,14?/m1/s1. The summed E-state index contributed by atoms with van der Waals surface area (Å²) in [5, 5.41) is 4.44. The Kier molecular flexibility index (Phi) is 2.51. The van der Waals surface area contributed by atoms with Gasteiger partial charge in [-0.2, -0.15) is 0 Å². The Morgan fingerprint density at radius 2 is 2.18 bits per heavy atom. The number of hydrogen-bond acceptors (Lipinski definition) is 1. The molecule has 86 valence electrons. The molecule has 3 heteroatoms. The highest BCUT2D eigenvalue weighted by atomic mass is 15.0. The Morgan fingerprint density at radius 3 is 2.94 bits per heavy atom. The van der Waals surface area contributed by atoms with Crippen molar-refractivity contribution in [1.29, 1.82) is 0 Å². The van der Waals surface area contributed by atoms with Gasteiger partial charge in [0.1, 0.15) is 0 Å². The van der Waals surface area contributed by atoms with Gasteiger partial charge in [-0.05, 0) is 36.3 Å². The van der Waals surface area contributed by atoms with Crippen LogP contribution in [-0.4, -0.2) is 25.4 Å². The number of fused-ring (bicyclic) bond motifs is 1. The SMILES string of the molecule is [B]C(C)(c1c[nH]c2ccccc12)[C@H]1CCCN1. The van der Waals surface area contributed by atoms with Gasteiger partial charge in [0.05, 0.1) is 7.85 Å². The van der Waals surface area contributed by atoms with Gasteiger partial charge in [0.25, 0.3) is 0 Å². The normalized spacial score (nSPS) is 23.9. The van der Waals surface area contributed by atoms with E-state index in [4.69, 9.17) is 7.85 Å². The van der Waals surface area contributed by atoms with E-state index in [1.54, 1.807) is 0 Å². The van der Waals surface area contributed by atoms with Gasteiger partial charge in [-0.1, -0.05) is 25.1 Å². The topological polar surface area (TPSA) is 27.8 Å². The minimum Gasteiger partial charge on any atom is -0.361 e. The van der Waals surface area contributed by atoms with E-state index in [1.165, 1.54) is 17.4 Å². The Labute approximate surface area is 103 Å². The molecule has 2 heterocycles. The van der Waals surface area contributed by atoms with Gasteiger partial charge >= 0.3 is 0 Å². The second-order valence-electron chi connectivity index (χ2n) is 5.18. The number of aromatic nitrogens is 1. The highest BCUT2D eigenvalue weighted by Gasteiger charge is 2.34. The molecular weight excluding hydrogens is 207 g/mol. The number of benzene rings is 1. The molecule has 0 bridgehead atoms. The summed E-state index contributed by atoms with van der Waals surface area (Å²) in [6, 6.07) is 8.72. The third-order valence-corrected chi connectivity index (χ3v) is 3.95. The van der Waals surface area contributed by atoms with Crippen molar-refractivity contribution in [2.75, 3.05) is 6.54 Å². The summed E-state index contributed by atoms with van der Waals surface area (Å²) in [6.07, 6.45) is 4.44. The quantitative estimate of drug-likeness (QED) is 0.752. The van der Waals surface area contributed by atoms with Crippen LogP contribution in [0, 0.1) is 0 Å². The lowest BCUT2D eigenvalue weighted by Gasteiger charge is -2.32. The summed E-state index contributed by atoms with van der Waals surface area (Å²) >= 11 is 0. The number of rotatable bonds is 2. The maximum atomic E-state index is 6.57. The van der Waals surface area contributed by atoms with Crippen LogP contribution in [0.3, 0.4) is 0 Å². The zero-order chi connectivity index (χ0) is 11.9. The summed E-state index contributed by atoms with van der Waals surface area (Å²) in [7, 11) is 6.57. The maximum absolute atomic E-state index is 6.57. The zero-order valence-corrected chi connectivity index (χ0v) is 10.2. The van der Waals surface area contributed by atoms with Gasteiger partial charge in [0, 0.05) is 23.1 Å². The van der Waals surface area contributed by atoms with E-state index in [1.807, 2.05) is 6.07 Å². The van der Waals surface area contributed by atoms with Gasteiger partial charge in [0.15, 0.2) is 0 Å². The minimum absolute atomic E-state index is 0.309. The fourth-order valence-electron chi connectivity index (χ4n) is 2.90. The van der Waals surface area contributed by atoms with Crippen molar-refractivity contribution in [1.82, 2.24) is 10.3 Å². The molecule has 1 unspecified atom stereocenters. The fraction of sp³-hybridized carbons (Fsp3) is 0.429. The van der Waals surface area contributed by atoms with Crippen LogP contribution in [0.5, 0.6) is 0 Å². The lowest BCUT2D eigenvalue weighted by Crippen LogP contribution is -2.43. The largest absolute Gasteiger partial charge is 0.361 e. The van der Waals surface area contributed by atoms with E-state index in [9.17, 15) is 0 Å². The van der Waals surface area contributed by atoms with Crippen LogP contribution in [0.1, 0.15) is 25.3 Å². The molecule has 2 aromatic rings. The molecule has 0 aliphatic carbocycles. The van der Waals surface area contributed by atoms with Crippen molar-refractivity contribution in [2.45, 2.75) is 31.1 Å². The van der Waals surface area contributed by atoms with Crippen molar-refractivity contribution < 1.29 is 0 Å². The molecule has 0 amide bonds. The van der Waals surface area contributed by atoms with Crippen molar-refractivity contribution in [3.05, 3.63) is 36.0 Å². The molecule has 1 aliphatic rings. The highest BCUT2D eigenvalue weighted by molar-refractivity contribution is 6.17. The predicted octanol–water partition coefficient (Wildman–Crippen LogP) is 2.30. The van der Waals surface area contributed by atoms with Gasteiger partial charge in [0.2, 0.25) is 0 Å². The van der Waals surface area contributed by atoms with Crippen LogP contribution in [0.25, 0.3) is 10.9 Å². The zero-order valence-electron chi connectivity index (χ0n) is 10.2. The first kappa shape index (κ1) is 10.9. The average Bonchev–Trinajstić information content (AvgIpc) is 2.99. The number of hydrogen-bond donors (Lipinski definition) is 2. The summed E-state index contributed by atoms with van der Waals surface area (Å²) in [4.78, 5) is 3.31. The van der Waals surface area contributed by atoms with Crippen molar-refractivity contribution >= 4 is 18.7 Å². The fourth-order valence-corrected chi connectivity index (χ4v) is 2.90. The van der Waals surface area contributed by atoms with E-state index in [0.29, 0.717) is 6.04 Å². The molecule has 2 nitrogen and oxygen atoms in total. The molecule has 2 atom stereocenters.